The molecule has 0 radical (unpaired) electrons. The Kier molecular flexibility index (Phi) is 3.57. The monoisotopic (exact) mass is 308 g/mol. The molecule has 2 rings (SSSR count). The van der Waals surface area contributed by atoms with Gasteiger partial charge < -0.3 is 11.1 Å². The number of hydrogen-bond donors (Lipinski definition) is 2. The van der Waals surface area contributed by atoms with Gasteiger partial charge in [-0.15, -0.1) is 0 Å². The third-order valence-corrected chi connectivity index (χ3v) is 3.25. The summed E-state index contributed by atoms with van der Waals surface area (Å²) >= 11 is 3.17. The van der Waals surface area contributed by atoms with Crippen LogP contribution in [0.15, 0.2) is 34.8 Å². The van der Waals surface area contributed by atoms with Crippen molar-refractivity contribution in [2.75, 3.05) is 11.1 Å². The molecule has 2 aromatic carbocycles. The van der Waals surface area contributed by atoms with Gasteiger partial charge in [0.05, 0.1) is 4.47 Å². The van der Waals surface area contributed by atoms with Crippen LogP contribution in [0.1, 0.15) is 11.1 Å². The van der Waals surface area contributed by atoms with Crippen molar-refractivity contribution in [3.8, 4) is 0 Å². The number of nitrogens with one attached hydrogen (secondary N) is 1. The smallest absolute Gasteiger partial charge is 0.139 e. The fraction of sp³-hybridized carbons (Fsp3) is 0.143. The van der Waals surface area contributed by atoms with Crippen molar-refractivity contribution in [1.82, 2.24) is 0 Å². The molecule has 0 fully saturated rings. The summed E-state index contributed by atoms with van der Waals surface area (Å²) in [6.07, 6.45) is 0. The maximum absolute atomic E-state index is 13.5. The van der Waals surface area contributed by atoms with E-state index in [9.17, 15) is 4.39 Å². The Labute approximate surface area is 114 Å². The van der Waals surface area contributed by atoms with Crippen LogP contribution in [0.25, 0.3) is 0 Å². The topological polar surface area (TPSA) is 38.0 Å². The maximum atomic E-state index is 13.5. The second-order valence-electron chi connectivity index (χ2n) is 4.34. The minimum atomic E-state index is -0.288. The summed E-state index contributed by atoms with van der Waals surface area (Å²) in [6.45, 7) is 3.89. The number of hydrogen-bond acceptors (Lipinski definition) is 2. The summed E-state index contributed by atoms with van der Waals surface area (Å²) in [7, 11) is 0. The van der Waals surface area contributed by atoms with E-state index in [4.69, 9.17) is 5.73 Å². The molecule has 0 saturated heterocycles. The van der Waals surface area contributed by atoms with E-state index in [0.717, 1.165) is 22.5 Å². The molecule has 2 nitrogen and oxygen atoms in total. The van der Waals surface area contributed by atoms with Gasteiger partial charge in [0, 0.05) is 17.1 Å². The van der Waals surface area contributed by atoms with Crippen molar-refractivity contribution in [1.29, 1.82) is 0 Å². The molecule has 0 saturated carbocycles. The molecule has 0 aliphatic carbocycles. The molecule has 0 heterocycles. The highest BCUT2D eigenvalue weighted by atomic mass is 79.9. The molecule has 0 atom stereocenters. The van der Waals surface area contributed by atoms with Gasteiger partial charge in [-0.1, -0.05) is 0 Å². The molecule has 0 bridgehead atoms. The molecule has 0 unspecified atom stereocenters. The van der Waals surface area contributed by atoms with E-state index in [1.165, 1.54) is 6.07 Å². The van der Waals surface area contributed by atoms with Crippen molar-refractivity contribution in [2.45, 2.75) is 13.8 Å². The first-order valence-corrected chi connectivity index (χ1v) is 6.35. The Balaban J connectivity index is 2.36. The first kappa shape index (κ1) is 12.9. The first-order valence-electron chi connectivity index (χ1n) is 5.55. The maximum Gasteiger partial charge on any atom is 0.139 e. The lowest BCUT2D eigenvalue weighted by molar-refractivity contribution is 0.621. The molecule has 94 valence electrons. The molecule has 0 amide bonds. The van der Waals surface area contributed by atoms with Gasteiger partial charge in [0.1, 0.15) is 5.82 Å². The minimum Gasteiger partial charge on any atom is -0.399 e. The average Bonchev–Trinajstić information content (AvgIpc) is 2.24. The van der Waals surface area contributed by atoms with Crippen molar-refractivity contribution in [2.24, 2.45) is 0 Å². The Morgan fingerprint density at radius 2 is 1.83 bits per heavy atom. The highest BCUT2D eigenvalue weighted by molar-refractivity contribution is 9.10. The average molecular weight is 309 g/mol. The Morgan fingerprint density at radius 1 is 1.11 bits per heavy atom. The van der Waals surface area contributed by atoms with Crippen LogP contribution in [0, 0.1) is 19.7 Å². The highest BCUT2D eigenvalue weighted by Crippen LogP contribution is 2.27. The van der Waals surface area contributed by atoms with E-state index in [0.29, 0.717) is 10.2 Å². The largest absolute Gasteiger partial charge is 0.399 e. The van der Waals surface area contributed by atoms with Crippen molar-refractivity contribution < 1.29 is 4.39 Å². The quantitative estimate of drug-likeness (QED) is 0.800. The third-order valence-electron chi connectivity index (χ3n) is 2.65. The number of benzene rings is 2. The van der Waals surface area contributed by atoms with E-state index in [1.807, 2.05) is 32.0 Å². The lowest BCUT2D eigenvalue weighted by atomic mass is 10.1. The summed E-state index contributed by atoms with van der Waals surface area (Å²) in [4.78, 5) is 0. The molecule has 4 heteroatoms. The van der Waals surface area contributed by atoms with Crippen molar-refractivity contribution >= 4 is 33.0 Å². The van der Waals surface area contributed by atoms with Crippen LogP contribution in [-0.2, 0) is 0 Å². The predicted molar refractivity (Wildman–Crippen MR) is 77.7 cm³/mol. The summed E-state index contributed by atoms with van der Waals surface area (Å²) < 4.78 is 14.0. The number of anilines is 3. The van der Waals surface area contributed by atoms with Crippen molar-refractivity contribution in [3.63, 3.8) is 0 Å². The molecular weight excluding hydrogens is 295 g/mol. The molecule has 18 heavy (non-hydrogen) atoms. The number of aryl methyl sites for hydroxylation is 2. The Morgan fingerprint density at radius 3 is 2.50 bits per heavy atom. The van der Waals surface area contributed by atoms with Crippen LogP contribution >= 0.6 is 15.9 Å². The van der Waals surface area contributed by atoms with Gasteiger partial charge in [-0.2, -0.15) is 0 Å². The zero-order valence-corrected chi connectivity index (χ0v) is 11.8. The van der Waals surface area contributed by atoms with E-state index >= 15 is 0 Å². The van der Waals surface area contributed by atoms with Crippen LogP contribution in [-0.4, -0.2) is 0 Å². The van der Waals surface area contributed by atoms with Gasteiger partial charge in [0.15, 0.2) is 0 Å². The standard InChI is InChI=1S/C14H14BrFN2/c1-8-3-10(17)6-11(4-8)18-14-7-13(16)12(15)5-9(14)2/h3-7,18H,17H2,1-2H3. The zero-order valence-electron chi connectivity index (χ0n) is 10.2. The molecule has 0 aliphatic heterocycles. The number of halogens is 2. The number of nitrogens with two attached hydrogens (primary N) is 1. The van der Waals surface area contributed by atoms with Gasteiger partial charge in [-0.25, -0.2) is 4.39 Å². The zero-order chi connectivity index (χ0) is 13.3. The normalized spacial score (nSPS) is 10.4. The van der Waals surface area contributed by atoms with Gasteiger partial charge in [0.25, 0.3) is 0 Å². The third kappa shape index (κ3) is 2.82. The van der Waals surface area contributed by atoms with Gasteiger partial charge in [-0.3, -0.25) is 0 Å². The van der Waals surface area contributed by atoms with Crippen molar-refractivity contribution in [3.05, 3.63) is 51.7 Å². The second-order valence-corrected chi connectivity index (χ2v) is 5.19. The van der Waals surface area contributed by atoms with E-state index in [1.54, 1.807) is 6.07 Å². The summed E-state index contributed by atoms with van der Waals surface area (Å²) in [5.74, 6) is -0.288. The molecular formula is C14H14BrFN2. The molecule has 0 aromatic heterocycles. The Bertz CT molecular complexity index is 576. The summed E-state index contributed by atoms with van der Waals surface area (Å²) in [5.41, 5.74) is 10.1. The fourth-order valence-electron chi connectivity index (χ4n) is 1.82. The van der Waals surface area contributed by atoms with Crippen LogP contribution < -0.4 is 11.1 Å². The van der Waals surface area contributed by atoms with Gasteiger partial charge in [0.2, 0.25) is 0 Å². The van der Waals surface area contributed by atoms with Crippen LogP contribution in [0.2, 0.25) is 0 Å². The fourth-order valence-corrected chi connectivity index (χ4v) is 2.28. The molecule has 0 spiro atoms. The minimum absolute atomic E-state index is 0.288. The second kappa shape index (κ2) is 4.98. The Hall–Kier alpha value is -1.55. The van der Waals surface area contributed by atoms with Crippen LogP contribution in [0.4, 0.5) is 21.5 Å². The van der Waals surface area contributed by atoms with Crippen LogP contribution in [0.5, 0.6) is 0 Å². The molecule has 2 aromatic rings. The van der Waals surface area contributed by atoms with E-state index in [2.05, 4.69) is 21.2 Å². The number of nitrogen functional groups attached to an aromatic ring is 1. The van der Waals surface area contributed by atoms with E-state index in [-0.39, 0.29) is 5.82 Å². The lowest BCUT2D eigenvalue weighted by Crippen LogP contribution is -1.96. The highest BCUT2D eigenvalue weighted by Gasteiger charge is 2.06. The SMILES string of the molecule is Cc1cc(N)cc(Nc2cc(F)c(Br)cc2C)c1. The van der Waals surface area contributed by atoms with E-state index < -0.39 is 0 Å². The molecule has 3 N–H and O–H groups in total. The lowest BCUT2D eigenvalue weighted by Gasteiger charge is -2.12. The first-order chi connectivity index (χ1) is 8.45. The summed E-state index contributed by atoms with van der Waals surface area (Å²) in [5, 5.41) is 3.18. The van der Waals surface area contributed by atoms with Crippen LogP contribution in [0.3, 0.4) is 0 Å². The number of rotatable bonds is 2. The van der Waals surface area contributed by atoms with Gasteiger partial charge >= 0.3 is 0 Å². The molecule has 0 aliphatic rings. The summed E-state index contributed by atoms with van der Waals surface area (Å²) in [6, 6.07) is 8.90. The van der Waals surface area contributed by atoms with Gasteiger partial charge in [-0.05, 0) is 71.2 Å². The predicted octanol–water partition coefficient (Wildman–Crippen LogP) is 4.53.